The van der Waals surface area contributed by atoms with E-state index < -0.39 is 11.8 Å². The number of hydrogen-bond donors (Lipinski definition) is 1. The fraction of sp³-hybridized carbons (Fsp3) is 0.333. The third-order valence-electron chi connectivity index (χ3n) is 7.63. The molecule has 7 nitrogen and oxygen atoms in total. The van der Waals surface area contributed by atoms with Crippen molar-refractivity contribution >= 4 is 28.6 Å². The lowest BCUT2D eigenvalue weighted by molar-refractivity contribution is -0.0591. The van der Waals surface area contributed by atoms with Crippen LogP contribution in [0.1, 0.15) is 46.1 Å². The van der Waals surface area contributed by atoms with E-state index in [9.17, 15) is 18.7 Å². The molecule has 0 saturated carbocycles. The number of carboxylic acids is 1. The van der Waals surface area contributed by atoms with Crippen molar-refractivity contribution in [1.82, 2.24) is 14.5 Å². The number of halogens is 3. The van der Waals surface area contributed by atoms with Crippen molar-refractivity contribution in [2.24, 2.45) is 0 Å². The monoisotopic (exact) mass is 567 g/mol. The van der Waals surface area contributed by atoms with Crippen molar-refractivity contribution in [3.05, 3.63) is 93.8 Å². The first kappa shape index (κ1) is 26.7. The Morgan fingerprint density at radius 3 is 2.73 bits per heavy atom. The van der Waals surface area contributed by atoms with Crippen LogP contribution in [0.3, 0.4) is 0 Å². The number of aromatic nitrogens is 2. The molecule has 0 aliphatic carbocycles. The van der Waals surface area contributed by atoms with Crippen LogP contribution in [0.5, 0.6) is 5.75 Å². The maximum atomic E-state index is 14.6. The molecule has 4 aromatic rings. The molecule has 1 N–H and O–H groups in total. The van der Waals surface area contributed by atoms with E-state index in [2.05, 4.69) is 9.47 Å². The summed E-state index contributed by atoms with van der Waals surface area (Å²) in [5.74, 6) is -0.864. The summed E-state index contributed by atoms with van der Waals surface area (Å²) in [4.78, 5) is 18.7. The van der Waals surface area contributed by atoms with Gasteiger partial charge in [0.15, 0.2) is 11.6 Å². The minimum atomic E-state index is -0.975. The van der Waals surface area contributed by atoms with Gasteiger partial charge in [0.1, 0.15) is 18.2 Å². The summed E-state index contributed by atoms with van der Waals surface area (Å²) in [6, 6.07) is 14.1. The predicted octanol–water partition coefficient (Wildman–Crippen LogP) is 6.02. The molecule has 0 amide bonds. The van der Waals surface area contributed by atoms with Crippen LogP contribution in [-0.4, -0.2) is 51.3 Å². The van der Waals surface area contributed by atoms with Crippen LogP contribution < -0.4 is 4.74 Å². The Labute approximate surface area is 234 Å². The normalized spacial score (nSPS) is 19.2. The number of likely N-dealkylation sites (tertiary alicyclic amines) is 1. The zero-order chi connectivity index (χ0) is 27.8. The van der Waals surface area contributed by atoms with Crippen LogP contribution in [0.15, 0.2) is 54.6 Å². The summed E-state index contributed by atoms with van der Waals surface area (Å²) in [6.07, 6.45) is 1.90. The molecule has 2 aliphatic rings. The summed E-state index contributed by atoms with van der Waals surface area (Å²) in [5, 5.41) is 9.76. The molecule has 2 aliphatic heterocycles. The van der Waals surface area contributed by atoms with Gasteiger partial charge in [-0.1, -0.05) is 17.7 Å². The molecule has 208 valence electrons. The van der Waals surface area contributed by atoms with Gasteiger partial charge >= 0.3 is 5.97 Å². The van der Waals surface area contributed by atoms with Gasteiger partial charge in [-0.2, -0.15) is 0 Å². The number of carbonyl (C=O) groups is 1. The Morgan fingerprint density at radius 1 is 1.12 bits per heavy atom. The van der Waals surface area contributed by atoms with Crippen molar-refractivity contribution in [2.75, 3.05) is 19.7 Å². The second kappa shape index (κ2) is 11.2. The number of rotatable bonds is 9. The molecule has 0 bridgehead atoms. The molecule has 0 radical (unpaired) electrons. The maximum absolute atomic E-state index is 14.6. The Kier molecular flexibility index (Phi) is 7.44. The van der Waals surface area contributed by atoms with Gasteiger partial charge in [-0.25, -0.2) is 18.6 Å². The van der Waals surface area contributed by atoms with Gasteiger partial charge < -0.3 is 19.1 Å². The van der Waals surface area contributed by atoms with Gasteiger partial charge in [-0.15, -0.1) is 0 Å². The van der Waals surface area contributed by atoms with E-state index in [0.717, 1.165) is 55.0 Å². The lowest BCUT2D eigenvalue weighted by Crippen LogP contribution is -2.32. The fourth-order valence-corrected chi connectivity index (χ4v) is 5.62. The third kappa shape index (κ3) is 5.68. The topological polar surface area (TPSA) is 76.8 Å². The fourth-order valence-electron chi connectivity index (χ4n) is 5.46. The highest BCUT2D eigenvalue weighted by molar-refractivity contribution is 6.30. The molecular weight excluding hydrogens is 540 g/mol. The first-order chi connectivity index (χ1) is 19.3. The van der Waals surface area contributed by atoms with E-state index in [1.165, 1.54) is 18.2 Å². The van der Waals surface area contributed by atoms with E-state index in [1.54, 1.807) is 30.3 Å². The number of ether oxygens (including phenoxy) is 2. The van der Waals surface area contributed by atoms with Crippen LogP contribution in [0.25, 0.3) is 11.0 Å². The van der Waals surface area contributed by atoms with Crippen LogP contribution in [0.4, 0.5) is 8.78 Å². The van der Waals surface area contributed by atoms with E-state index >= 15 is 0 Å². The molecule has 3 aromatic carbocycles. The lowest BCUT2D eigenvalue weighted by atomic mass is 9.96. The van der Waals surface area contributed by atoms with Gasteiger partial charge in [0.05, 0.1) is 35.8 Å². The van der Waals surface area contributed by atoms with Gasteiger partial charge in [0.25, 0.3) is 0 Å². The summed E-state index contributed by atoms with van der Waals surface area (Å²) in [7, 11) is 0. The average Bonchev–Trinajstić information content (AvgIpc) is 3.49. The smallest absolute Gasteiger partial charge is 0.335 e. The third-order valence-corrected chi connectivity index (χ3v) is 7.87. The van der Waals surface area contributed by atoms with Gasteiger partial charge in [-0.05, 0) is 85.0 Å². The zero-order valence-corrected chi connectivity index (χ0v) is 22.4. The molecule has 2 fully saturated rings. The van der Waals surface area contributed by atoms with Gasteiger partial charge in [-0.3, -0.25) is 4.90 Å². The second-order valence-corrected chi connectivity index (χ2v) is 10.8. The number of nitrogens with zero attached hydrogens (tertiary/aromatic N) is 3. The summed E-state index contributed by atoms with van der Waals surface area (Å²) >= 11 is 5.81. The van der Waals surface area contributed by atoms with Crippen LogP contribution in [-0.2, 0) is 24.4 Å². The van der Waals surface area contributed by atoms with E-state index in [-0.39, 0.29) is 40.8 Å². The molecule has 2 atom stereocenters. The summed E-state index contributed by atoms with van der Waals surface area (Å²) < 4.78 is 42.0. The van der Waals surface area contributed by atoms with Crippen molar-refractivity contribution in [2.45, 2.75) is 44.6 Å². The van der Waals surface area contributed by atoms with Crippen molar-refractivity contribution in [3.8, 4) is 5.75 Å². The Morgan fingerprint density at radius 2 is 1.98 bits per heavy atom. The van der Waals surface area contributed by atoms with E-state index in [0.29, 0.717) is 18.7 Å². The van der Waals surface area contributed by atoms with E-state index in [4.69, 9.17) is 26.1 Å². The number of imidazole rings is 1. The highest BCUT2D eigenvalue weighted by atomic mass is 35.5. The SMILES string of the molecule is O=C(O)c1ccc2nc(CN3CCC(c4cc(F)cc(COc5ccc(Cl)cc5F)c4)C3)n(C[C@@H]3CCO3)c2c1. The molecule has 2 saturated heterocycles. The number of aromatic carboxylic acids is 1. The predicted molar refractivity (Wildman–Crippen MR) is 146 cm³/mol. The second-order valence-electron chi connectivity index (χ2n) is 10.4. The largest absolute Gasteiger partial charge is 0.486 e. The number of carboxylic acid groups (broad SMARTS) is 1. The van der Waals surface area contributed by atoms with Crippen molar-refractivity contribution in [3.63, 3.8) is 0 Å². The first-order valence-corrected chi connectivity index (χ1v) is 13.6. The standard InChI is InChI=1S/C30H28ClF2N3O4/c31-22-2-4-28(25(33)13-22)40-17-18-9-21(11-23(32)10-18)20-5-7-35(14-20)16-29-34-26-3-1-19(30(37)38)12-27(26)36(29)15-24-6-8-39-24/h1-4,9-13,20,24H,5-8,14-17H2,(H,37,38)/t20?,24-/m0/s1. The molecular formula is C30H28ClF2N3O4. The number of hydrogen-bond acceptors (Lipinski definition) is 5. The highest BCUT2D eigenvalue weighted by Gasteiger charge is 2.28. The van der Waals surface area contributed by atoms with Crippen LogP contribution in [0, 0.1) is 11.6 Å². The number of benzene rings is 3. The minimum absolute atomic E-state index is 0.0331. The average molecular weight is 568 g/mol. The van der Waals surface area contributed by atoms with Gasteiger partial charge in [0, 0.05) is 18.2 Å². The molecule has 40 heavy (non-hydrogen) atoms. The van der Waals surface area contributed by atoms with Gasteiger partial charge in [0.2, 0.25) is 0 Å². The minimum Gasteiger partial charge on any atom is -0.486 e. The molecule has 3 heterocycles. The van der Waals surface area contributed by atoms with Crippen molar-refractivity contribution < 1.29 is 28.2 Å². The van der Waals surface area contributed by atoms with Crippen LogP contribution >= 0.6 is 11.6 Å². The summed E-state index contributed by atoms with van der Waals surface area (Å²) in [5.41, 5.74) is 3.26. The quantitative estimate of drug-likeness (QED) is 0.266. The van der Waals surface area contributed by atoms with E-state index in [1.807, 2.05) is 6.07 Å². The first-order valence-electron chi connectivity index (χ1n) is 13.3. The maximum Gasteiger partial charge on any atom is 0.335 e. The summed E-state index contributed by atoms with van der Waals surface area (Å²) in [6.45, 7) is 3.50. The molecule has 0 spiro atoms. The molecule has 1 aromatic heterocycles. The highest BCUT2D eigenvalue weighted by Crippen LogP contribution is 2.31. The van der Waals surface area contributed by atoms with Crippen molar-refractivity contribution in [1.29, 1.82) is 0 Å². The molecule has 1 unspecified atom stereocenters. The molecule has 10 heteroatoms. The Hall–Kier alpha value is -3.53. The Bertz CT molecular complexity index is 1570. The zero-order valence-electron chi connectivity index (χ0n) is 21.7. The lowest BCUT2D eigenvalue weighted by Gasteiger charge is -2.28. The molecule has 6 rings (SSSR count). The number of fused-ring (bicyclic) bond motifs is 1. The van der Waals surface area contributed by atoms with Crippen LogP contribution in [0.2, 0.25) is 5.02 Å². The Balaban J connectivity index is 1.17.